The van der Waals surface area contributed by atoms with Gasteiger partial charge < -0.3 is 10.1 Å². The van der Waals surface area contributed by atoms with E-state index >= 15 is 0 Å². The van der Waals surface area contributed by atoms with E-state index in [2.05, 4.69) is 5.32 Å². The maximum atomic E-state index is 13.2. The number of amides is 2. The van der Waals surface area contributed by atoms with E-state index in [9.17, 15) is 14.0 Å². The first-order valence-electron chi connectivity index (χ1n) is 8.42. The second kappa shape index (κ2) is 7.28. The molecule has 0 saturated heterocycles. The van der Waals surface area contributed by atoms with Gasteiger partial charge in [0.1, 0.15) is 17.3 Å². The van der Waals surface area contributed by atoms with Crippen molar-refractivity contribution >= 4 is 40.1 Å². The minimum Gasteiger partial charge on any atom is -0.495 e. The number of imide groups is 1. The third-order valence-electron chi connectivity index (χ3n) is 4.29. The van der Waals surface area contributed by atoms with Gasteiger partial charge in [-0.2, -0.15) is 0 Å². The normalized spacial score (nSPS) is 14.0. The number of benzene rings is 2. The molecule has 0 spiro atoms. The summed E-state index contributed by atoms with van der Waals surface area (Å²) >= 11 is 1.36. The van der Waals surface area contributed by atoms with Crippen LogP contribution in [0.3, 0.4) is 0 Å². The monoisotopic (exact) mass is 394 g/mol. The fourth-order valence-electron chi connectivity index (χ4n) is 3.01. The Kier molecular flexibility index (Phi) is 4.67. The molecule has 2 heterocycles. The molecule has 140 valence electrons. The van der Waals surface area contributed by atoms with Crippen LogP contribution in [0.1, 0.15) is 4.88 Å². The van der Waals surface area contributed by atoms with E-state index in [4.69, 9.17) is 4.74 Å². The van der Waals surface area contributed by atoms with Gasteiger partial charge in [-0.25, -0.2) is 9.29 Å². The highest BCUT2D eigenvalue weighted by molar-refractivity contribution is 7.11. The third kappa shape index (κ3) is 3.05. The average molecular weight is 394 g/mol. The maximum Gasteiger partial charge on any atom is 0.282 e. The Morgan fingerprint density at radius 1 is 0.964 bits per heavy atom. The Labute approximate surface area is 164 Å². The first-order valence-corrected chi connectivity index (χ1v) is 9.30. The average Bonchev–Trinajstić information content (AvgIpc) is 3.31. The van der Waals surface area contributed by atoms with Crippen LogP contribution in [-0.4, -0.2) is 18.9 Å². The molecule has 0 radical (unpaired) electrons. The second-order valence-electron chi connectivity index (χ2n) is 5.98. The summed E-state index contributed by atoms with van der Waals surface area (Å²) in [5, 5.41) is 4.83. The molecule has 0 unspecified atom stereocenters. The summed E-state index contributed by atoms with van der Waals surface area (Å²) in [7, 11) is 1.48. The number of rotatable bonds is 5. The standard InChI is InChI=1S/C21H15FN2O3S/c1-27-16-6-3-2-5-15(16)24-20(25)18(17-7-4-12-28-17)19(21(24)26)23-14-10-8-13(22)9-11-14/h2-12,23H,1H3. The molecule has 28 heavy (non-hydrogen) atoms. The van der Waals surface area contributed by atoms with Gasteiger partial charge in [0, 0.05) is 10.6 Å². The van der Waals surface area contributed by atoms with Crippen LogP contribution < -0.4 is 15.0 Å². The maximum absolute atomic E-state index is 13.2. The van der Waals surface area contributed by atoms with Gasteiger partial charge in [0.15, 0.2) is 0 Å². The highest BCUT2D eigenvalue weighted by atomic mass is 32.1. The quantitative estimate of drug-likeness (QED) is 0.656. The molecule has 3 aromatic rings. The SMILES string of the molecule is COc1ccccc1N1C(=O)C(Nc2ccc(F)cc2)=C(c2cccs2)C1=O. The molecular formula is C21H15FN2O3S. The van der Waals surface area contributed by atoms with Crippen LogP contribution in [-0.2, 0) is 9.59 Å². The predicted molar refractivity (Wildman–Crippen MR) is 107 cm³/mol. The zero-order chi connectivity index (χ0) is 19.7. The second-order valence-corrected chi connectivity index (χ2v) is 6.92. The Hall–Kier alpha value is -3.45. The highest BCUT2D eigenvalue weighted by Crippen LogP contribution is 2.38. The summed E-state index contributed by atoms with van der Waals surface area (Å²) in [5.41, 5.74) is 1.29. The molecule has 1 aliphatic rings. The zero-order valence-electron chi connectivity index (χ0n) is 14.8. The fraction of sp³-hybridized carbons (Fsp3) is 0.0476. The number of anilines is 2. The largest absolute Gasteiger partial charge is 0.495 e. The molecule has 2 aromatic carbocycles. The van der Waals surface area contributed by atoms with Gasteiger partial charge in [-0.05, 0) is 47.8 Å². The third-order valence-corrected chi connectivity index (χ3v) is 5.18. The summed E-state index contributed by atoms with van der Waals surface area (Å²) < 4.78 is 18.5. The zero-order valence-corrected chi connectivity index (χ0v) is 15.6. The summed E-state index contributed by atoms with van der Waals surface area (Å²) in [4.78, 5) is 28.2. The molecule has 4 rings (SSSR count). The minimum absolute atomic E-state index is 0.143. The molecule has 1 N–H and O–H groups in total. The number of methoxy groups -OCH3 is 1. The van der Waals surface area contributed by atoms with Gasteiger partial charge in [0.2, 0.25) is 0 Å². The van der Waals surface area contributed by atoms with Crippen molar-refractivity contribution < 1.29 is 18.7 Å². The number of halogens is 1. The molecule has 1 aliphatic heterocycles. The number of carbonyl (C=O) groups is 2. The van der Waals surface area contributed by atoms with Crippen LogP contribution in [0.5, 0.6) is 5.75 Å². The number of nitrogens with zero attached hydrogens (tertiary/aromatic N) is 1. The van der Waals surface area contributed by atoms with Gasteiger partial charge in [-0.1, -0.05) is 18.2 Å². The summed E-state index contributed by atoms with van der Waals surface area (Å²) in [5.74, 6) is -0.913. The molecule has 0 aliphatic carbocycles. The first-order chi connectivity index (χ1) is 13.6. The number of para-hydroxylation sites is 2. The van der Waals surface area contributed by atoms with Crippen LogP contribution in [0, 0.1) is 5.82 Å². The lowest BCUT2D eigenvalue weighted by atomic mass is 10.2. The smallest absolute Gasteiger partial charge is 0.282 e. The molecule has 0 bridgehead atoms. The van der Waals surface area contributed by atoms with Crippen molar-refractivity contribution in [1.29, 1.82) is 0 Å². The number of hydrogen-bond acceptors (Lipinski definition) is 5. The van der Waals surface area contributed by atoms with Crippen molar-refractivity contribution in [2.75, 3.05) is 17.3 Å². The van der Waals surface area contributed by atoms with E-state index in [1.807, 2.05) is 11.4 Å². The lowest BCUT2D eigenvalue weighted by Crippen LogP contribution is -2.32. The Balaban J connectivity index is 1.81. The number of thiophene rings is 1. The predicted octanol–water partition coefficient (Wildman–Crippen LogP) is 4.29. The van der Waals surface area contributed by atoms with Crippen molar-refractivity contribution in [3.05, 3.63) is 82.4 Å². The Morgan fingerprint density at radius 3 is 2.39 bits per heavy atom. The number of carbonyl (C=O) groups excluding carboxylic acids is 2. The van der Waals surface area contributed by atoms with E-state index in [0.29, 0.717) is 22.0 Å². The van der Waals surface area contributed by atoms with Crippen LogP contribution >= 0.6 is 11.3 Å². The summed E-state index contributed by atoms with van der Waals surface area (Å²) in [6.07, 6.45) is 0. The van der Waals surface area contributed by atoms with E-state index in [0.717, 1.165) is 4.90 Å². The van der Waals surface area contributed by atoms with Crippen molar-refractivity contribution in [2.24, 2.45) is 0 Å². The summed E-state index contributed by atoms with van der Waals surface area (Å²) in [6.45, 7) is 0. The van der Waals surface area contributed by atoms with Gasteiger partial charge in [-0.3, -0.25) is 9.59 Å². The lowest BCUT2D eigenvalue weighted by Gasteiger charge is -2.18. The van der Waals surface area contributed by atoms with Gasteiger partial charge in [0.25, 0.3) is 11.8 Å². The molecule has 7 heteroatoms. The number of hydrogen-bond donors (Lipinski definition) is 1. The van der Waals surface area contributed by atoms with Crippen molar-refractivity contribution in [3.63, 3.8) is 0 Å². The first kappa shape index (κ1) is 17.9. The number of ether oxygens (including phenoxy) is 1. The van der Waals surface area contributed by atoms with E-state index in [-0.39, 0.29) is 17.1 Å². The minimum atomic E-state index is -0.498. The topological polar surface area (TPSA) is 58.6 Å². The van der Waals surface area contributed by atoms with E-state index in [1.165, 1.54) is 42.7 Å². The van der Waals surface area contributed by atoms with Crippen LogP contribution in [0.25, 0.3) is 5.57 Å². The summed E-state index contributed by atoms with van der Waals surface area (Å²) in [6, 6.07) is 16.0. The van der Waals surface area contributed by atoms with Crippen molar-refractivity contribution in [3.8, 4) is 5.75 Å². The van der Waals surface area contributed by atoms with E-state index in [1.54, 1.807) is 30.3 Å². The highest BCUT2D eigenvalue weighted by Gasteiger charge is 2.41. The van der Waals surface area contributed by atoms with Gasteiger partial charge >= 0.3 is 0 Å². The van der Waals surface area contributed by atoms with Crippen molar-refractivity contribution in [2.45, 2.75) is 0 Å². The number of nitrogens with one attached hydrogen (secondary N) is 1. The molecule has 2 amide bonds. The Bertz CT molecular complexity index is 1080. The van der Waals surface area contributed by atoms with Crippen LogP contribution in [0.15, 0.2) is 71.7 Å². The Morgan fingerprint density at radius 2 is 1.71 bits per heavy atom. The van der Waals surface area contributed by atoms with Crippen molar-refractivity contribution in [1.82, 2.24) is 0 Å². The fourth-order valence-corrected chi connectivity index (χ4v) is 3.77. The van der Waals surface area contributed by atoms with Crippen LogP contribution in [0.4, 0.5) is 15.8 Å². The van der Waals surface area contributed by atoms with Crippen LogP contribution in [0.2, 0.25) is 0 Å². The molecule has 0 saturated carbocycles. The van der Waals surface area contributed by atoms with Gasteiger partial charge in [-0.15, -0.1) is 11.3 Å². The molecular weight excluding hydrogens is 379 g/mol. The lowest BCUT2D eigenvalue weighted by molar-refractivity contribution is -0.120. The molecule has 5 nitrogen and oxygen atoms in total. The molecule has 0 atom stereocenters. The van der Waals surface area contributed by atoms with E-state index < -0.39 is 11.8 Å². The van der Waals surface area contributed by atoms with Gasteiger partial charge in [0.05, 0.1) is 18.4 Å². The molecule has 0 fully saturated rings. The molecule has 1 aromatic heterocycles.